The lowest BCUT2D eigenvalue weighted by atomic mass is 10.1. The monoisotopic (exact) mass is 522 g/mol. The van der Waals surface area contributed by atoms with Gasteiger partial charge in [0.25, 0.3) is 5.91 Å². The van der Waals surface area contributed by atoms with Gasteiger partial charge in [-0.1, -0.05) is 24.3 Å². The normalized spacial score (nSPS) is 11.4. The molecule has 2 rings (SSSR count). The molecule has 2 aromatic carbocycles. The molecule has 0 radical (unpaired) electrons. The van der Waals surface area contributed by atoms with Crippen LogP contribution in [0, 0.1) is 0 Å². The minimum atomic E-state index is -4.81. The molecule has 6 nitrogen and oxygen atoms in total. The van der Waals surface area contributed by atoms with Crippen LogP contribution in [0.1, 0.15) is 15.9 Å². The molecule has 3 N–H and O–H groups in total. The van der Waals surface area contributed by atoms with Crippen LogP contribution in [0.15, 0.2) is 53.5 Å². The van der Waals surface area contributed by atoms with Crippen molar-refractivity contribution in [3.05, 3.63) is 59.7 Å². The van der Waals surface area contributed by atoms with Gasteiger partial charge in [-0.25, -0.2) is 0 Å². The molecule has 1 amide bonds. The molecule has 0 fully saturated rings. The Bertz CT molecular complexity index is 857. The van der Waals surface area contributed by atoms with Gasteiger partial charge in [0.15, 0.2) is 11.7 Å². The summed E-state index contributed by atoms with van der Waals surface area (Å²) in [7, 11) is 3.35. The highest BCUT2D eigenvalue weighted by molar-refractivity contribution is 14.0. The number of nitrogens with zero attached hydrogens (tertiary/aromatic N) is 2. The van der Waals surface area contributed by atoms with E-state index < -0.39 is 12.1 Å². The van der Waals surface area contributed by atoms with Gasteiger partial charge in [0, 0.05) is 26.2 Å². The number of alkyl halides is 3. The van der Waals surface area contributed by atoms with E-state index in [0.717, 1.165) is 5.56 Å². The number of nitrogens with one attached hydrogen (secondary N) is 1. The van der Waals surface area contributed by atoms with Gasteiger partial charge in [-0.15, -0.1) is 37.1 Å². The second-order valence-electron chi connectivity index (χ2n) is 6.09. The maximum atomic E-state index is 12.4. The van der Waals surface area contributed by atoms with Crippen molar-refractivity contribution >= 4 is 41.5 Å². The van der Waals surface area contributed by atoms with Crippen LogP contribution < -0.4 is 15.8 Å². The van der Waals surface area contributed by atoms with Crippen molar-refractivity contribution in [1.82, 2.24) is 4.90 Å². The van der Waals surface area contributed by atoms with E-state index in [2.05, 4.69) is 15.0 Å². The first-order valence-electron chi connectivity index (χ1n) is 8.38. The van der Waals surface area contributed by atoms with Crippen LogP contribution in [-0.2, 0) is 6.42 Å². The number of carbonyl (C=O) groups excluding carboxylic acids is 1. The van der Waals surface area contributed by atoms with Crippen LogP contribution in [0.5, 0.6) is 5.75 Å². The summed E-state index contributed by atoms with van der Waals surface area (Å²) in [5, 5.41) is 2.61. The second kappa shape index (κ2) is 10.9. The maximum Gasteiger partial charge on any atom is 0.573 e. The highest BCUT2D eigenvalue weighted by Gasteiger charge is 2.32. The van der Waals surface area contributed by atoms with E-state index in [1.807, 2.05) is 6.07 Å². The van der Waals surface area contributed by atoms with Gasteiger partial charge in [0.05, 0.1) is 5.69 Å². The summed E-state index contributed by atoms with van der Waals surface area (Å²) < 4.78 is 41.3. The molecule has 29 heavy (non-hydrogen) atoms. The number of anilines is 1. The minimum Gasteiger partial charge on any atom is -0.404 e. The summed E-state index contributed by atoms with van der Waals surface area (Å²) in [6.07, 6.45) is -4.30. The number of para-hydroxylation sites is 2. The summed E-state index contributed by atoms with van der Waals surface area (Å²) in [6, 6.07) is 12.7. The molecular weight excluding hydrogens is 500 g/mol. The quantitative estimate of drug-likeness (QED) is 0.343. The van der Waals surface area contributed by atoms with Crippen molar-refractivity contribution in [3.8, 4) is 5.75 Å². The molecule has 0 aromatic heterocycles. The minimum absolute atomic E-state index is 0. The molecule has 0 aliphatic heterocycles. The number of rotatable bonds is 6. The molecule has 0 saturated carbocycles. The molecule has 0 aliphatic carbocycles. The van der Waals surface area contributed by atoms with Crippen molar-refractivity contribution in [2.24, 2.45) is 10.7 Å². The lowest BCUT2D eigenvalue weighted by Gasteiger charge is -2.14. The van der Waals surface area contributed by atoms with E-state index in [1.54, 1.807) is 38.4 Å². The lowest BCUT2D eigenvalue weighted by molar-refractivity contribution is -0.274. The second-order valence-corrected chi connectivity index (χ2v) is 6.09. The SMILES string of the molecule is CN(C)C(=O)c1cccc(CCN=C(N)Nc2ccccc2OC(F)(F)F)c1.I. The van der Waals surface area contributed by atoms with Crippen molar-refractivity contribution in [2.75, 3.05) is 26.0 Å². The number of amides is 1. The molecule has 0 spiro atoms. The molecule has 158 valence electrons. The van der Waals surface area contributed by atoms with Gasteiger partial charge in [0.1, 0.15) is 0 Å². The van der Waals surface area contributed by atoms with Crippen LogP contribution in [-0.4, -0.2) is 43.8 Å². The van der Waals surface area contributed by atoms with Gasteiger partial charge in [-0.3, -0.25) is 9.79 Å². The topological polar surface area (TPSA) is 80.0 Å². The third kappa shape index (κ3) is 8.18. The third-order valence-corrected chi connectivity index (χ3v) is 3.64. The van der Waals surface area contributed by atoms with Crippen molar-refractivity contribution in [3.63, 3.8) is 0 Å². The van der Waals surface area contributed by atoms with Gasteiger partial charge in [-0.05, 0) is 36.2 Å². The van der Waals surface area contributed by atoms with Crippen LogP contribution in [0.4, 0.5) is 18.9 Å². The predicted octanol–water partition coefficient (Wildman–Crippen LogP) is 3.87. The number of carbonyl (C=O) groups is 1. The number of benzene rings is 2. The summed E-state index contributed by atoms with van der Waals surface area (Å²) in [4.78, 5) is 17.6. The van der Waals surface area contributed by atoms with Crippen LogP contribution >= 0.6 is 24.0 Å². The molecule has 0 saturated heterocycles. The van der Waals surface area contributed by atoms with Crippen molar-refractivity contribution in [1.29, 1.82) is 0 Å². The summed E-state index contributed by atoms with van der Waals surface area (Å²) in [5.41, 5.74) is 7.28. The number of ether oxygens (including phenoxy) is 1. The highest BCUT2D eigenvalue weighted by atomic mass is 127. The Kier molecular flexibility index (Phi) is 9.21. The van der Waals surface area contributed by atoms with Gasteiger partial charge < -0.3 is 20.7 Å². The Hall–Kier alpha value is -2.50. The van der Waals surface area contributed by atoms with E-state index >= 15 is 0 Å². The van der Waals surface area contributed by atoms with Crippen LogP contribution in [0.3, 0.4) is 0 Å². The number of nitrogens with two attached hydrogens (primary N) is 1. The van der Waals surface area contributed by atoms with E-state index in [1.165, 1.54) is 23.1 Å². The molecule has 0 bridgehead atoms. The molecule has 10 heteroatoms. The first-order valence-corrected chi connectivity index (χ1v) is 8.38. The molecule has 0 atom stereocenters. The predicted molar refractivity (Wildman–Crippen MR) is 117 cm³/mol. The maximum absolute atomic E-state index is 12.4. The summed E-state index contributed by atoms with van der Waals surface area (Å²) >= 11 is 0. The zero-order valence-corrected chi connectivity index (χ0v) is 18.2. The fourth-order valence-corrected chi connectivity index (χ4v) is 2.38. The Morgan fingerprint density at radius 1 is 1.17 bits per heavy atom. The molecule has 0 unspecified atom stereocenters. The first kappa shape index (κ1) is 24.5. The Morgan fingerprint density at radius 3 is 2.52 bits per heavy atom. The highest BCUT2D eigenvalue weighted by Crippen LogP contribution is 2.29. The van der Waals surface area contributed by atoms with Crippen LogP contribution in [0.2, 0.25) is 0 Å². The van der Waals surface area contributed by atoms with Crippen LogP contribution in [0.25, 0.3) is 0 Å². The average Bonchev–Trinajstić information content (AvgIpc) is 2.61. The number of aliphatic imine (C=N–C) groups is 1. The van der Waals surface area contributed by atoms with Gasteiger partial charge >= 0.3 is 6.36 Å². The molecule has 2 aromatic rings. The number of hydrogen-bond acceptors (Lipinski definition) is 3. The largest absolute Gasteiger partial charge is 0.573 e. The molecule has 0 aliphatic rings. The van der Waals surface area contributed by atoms with Gasteiger partial charge in [0.2, 0.25) is 0 Å². The Balaban J connectivity index is 0.00000420. The van der Waals surface area contributed by atoms with Crippen molar-refractivity contribution < 1.29 is 22.7 Å². The van der Waals surface area contributed by atoms with Gasteiger partial charge in [-0.2, -0.15) is 0 Å². The first-order chi connectivity index (χ1) is 13.2. The Labute approximate surface area is 184 Å². The summed E-state index contributed by atoms with van der Waals surface area (Å²) in [5.74, 6) is -0.547. The third-order valence-electron chi connectivity index (χ3n) is 3.64. The smallest absolute Gasteiger partial charge is 0.404 e. The average molecular weight is 522 g/mol. The number of halogens is 4. The Morgan fingerprint density at radius 2 is 1.86 bits per heavy atom. The number of guanidine groups is 1. The van der Waals surface area contributed by atoms with E-state index in [9.17, 15) is 18.0 Å². The standard InChI is InChI=1S/C19H21F3N4O2.HI/c1-26(2)17(27)14-7-5-6-13(12-14)10-11-24-18(23)25-15-8-3-4-9-16(15)28-19(20,21)22;/h3-9,12H,10-11H2,1-2H3,(H3,23,24,25);1H. The summed E-state index contributed by atoms with van der Waals surface area (Å²) in [6.45, 7) is 0.292. The fourth-order valence-electron chi connectivity index (χ4n) is 2.38. The number of hydrogen-bond donors (Lipinski definition) is 2. The fraction of sp³-hybridized carbons (Fsp3) is 0.263. The molecular formula is C19H22F3IN4O2. The lowest BCUT2D eigenvalue weighted by Crippen LogP contribution is -2.25. The van der Waals surface area contributed by atoms with E-state index in [4.69, 9.17) is 5.73 Å². The van der Waals surface area contributed by atoms with Crippen molar-refractivity contribution in [2.45, 2.75) is 12.8 Å². The van der Waals surface area contributed by atoms with E-state index in [0.29, 0.717) is 18.5 Å². The van der Waals surface area contributed by atoms with E-state index in [-0.39, 0.29) is 41.5 Å². The zero-order valence-electron chi connectivity index (χ0n) is 15.9. The molecule has 0 heterocycles. The zero-order chi connectivity index (χ0) is 20.7.